The second kappa shape index (κ2) is 3.23. The molecule has 0 spiro atoms. The smallest absolute Gasteiger partial charge is 0.0403 e. The molecule has 1 aliphatic heterocycles. The van der Waals surface area contributed by atoms with Crippen molar-refractivity contribution in [2.45, 2.75) is 19.8 Å². The van der Waals surface area contributed by atoms with Crippen LogP contribution in [0.25, 0.3) is 0 Å². The third-order valence-electron chi connectivity index (χ3n) is 1.27. The molecule has 0 aromatic rings. The van der Waals surface area contributed by atoms with Gasteiger partial charge in [-0.2, -0.15) is 0 Å². The van der Waals surface area contributed by atoms with Crippen molar-refractivity contribution in [1.82, 2.24) is 0 Å². The van der Waals surface area contributed by atoms with E-state index in [1.807, 2.05) is 19.2 Å². The van der Waals surface area contributed by atoms with Crippen molar-refractivity contribution in [2.24, 2.45) is 4.99 Å². The molecule has 0 aliphatic carbocycles. The third-order valence-corrected chi connectivity index (χ3v) is 1.27. The van der Waals surface area contributed by atoms with Gasteiger partial charge in [-0.1, -0.05) is 12.2 Å². The number of aliphatic imine (C=N–C) groups is 1. The monoisotopic (exact) mass is 121 g/mol. The van der Waals surface area contributed by atoms with Gasteiger partial charge in [0.15, 0.2) is 0 Å². The van der Waals surface area contributed by atoms with E-state index in [-0.39, 0.29) is 0 Å². The van der Waals surface area contributed by atoms with Crippen LogP contribution >= 0.6 is 0 Å². The molecule has 1 heterocycles. The number of hydrogen-bond acceptors (Lipinski definition) is 1. The second-order valence-electron chi connectivity index (χ2n) is 2.04. The van der Waals surface area contributed by atoms with E-state index in [4.69, 9.17) is 0 Å². The van der Waals surface area contributed by atoms with Crippen molar-refractivity contribution in [2.75, 3.05) is 0 Å². The van der Waals surface area contributed by atoms with E-state index < -0.39 is 0 Å². The standard InChI is InChI=1S/C8H11N/c1-2-5-8-6-3-4-7-9-8/h2,4-5,7H,3,6H2,1H3. The summed E-state index contributed by atoms with van der Waals surface area (Å²) in [5.41, 5.74) is 1.19. The molecule has 1 heteroatoms. The molecule has 1 aliphatic rings. The van der Waals surface area contributed by atoms with Gasteiger partial charge in [-0.15, -0.1) is 0 Å². The van der Waals surface area contributed by atoms with Crippen molar-refractivity contribution < 1.29 is 0 Å². The molecular formula is C8H11N. The first-order valence-electron chi connectivity index (χ1n) is 3.28. The van der Waals surface area contributed by atoms with Crippen molar-refractivity contribution in [1.29, 1.82) is 0 Å². The number of rotatable bonds is 1. The van der Waals surface area contributed by atoms with Gasteiger partial charge in [0, 0.05) is 11.9 Å². The van der Waals surface area contributed by atoms with Crippen LogP contribution < -0.4 is 0 Å². The Kier molecular flexibility index (Phi) is 2.25. The summed E-state index contributed by atoms with van der Waals surface area (Å²) < 4.78 is 0. The maximum Gasteiger partial charge on any atom is 0.0403 e. The molecule has 0 N–H and O–H groups in total. The van der Waals surface area contributed by atoms with Gasteiger partial charge in [0.05, 0.1) is 0 Å². The van der Waals surface area contributed by atoms with Gasteiger partial charge in [0.2, 0.25) is 0 Å². The summed E-state index contributed by atoms with van der Waals surface area (Å²) in [6.07, 6.45) is 10.3. The van der Waals surface area contributed by atoms with Crippen LogP contribution in [0.4, 0.5) is 0 Å². The van der Waals surface area contributed by atoms with Gasteiger partial charge in [0.25, 0.3) is 0 Å². The van der Waals surface area contributed by atoms with E-state index in [1.54, 1.807) is 0 Å². The summed E-state index contributed by atoms with van der Waals surface area (Å²) in [6, 6.07) is 0. The Bertz CT molecular complexity index is 163. The predicted molar refractivity (Wildman–Crippen MR) is 40.6 cm³/mol. The zero-order valence-corrected chi connectivity index (χ0v) is 5.67. The molecule has 9 heavy (non-hydrogen) atoms. The molecule has 0 aromatic heterocycles. The largest absolute Gasteiger partial charge is 0.262 e. The topological polar surface area (TPSA) is 12.4 Å². The Morgan fingerprint density at radius 2 is 2.56 bits per heavy atom. The van der Waals surface area contributed by atoms with Gasteiger partial charge in [-0.05, 0) is 25.8 Å². The third kappa shape index (κ3) is 1.84. The zero-order valence-electron chi connectivity index (χ0n) is 5.67. The molecule has 48 valence electrons. The molecule has 0 amide bonds. The Morgan fingerprint density at radius 1 is 1.67 bits per heavy atom. The molecular weight excluding hydrogens is 110 g/mol. The van der Waals surface area contributed by atoms with Crippen LogP contribution in [0.2, 0.25) is 0 Å². The van der Waals surface area contributed by atoms with Gasteiger partial charge < -0.3 is 0 Å². The average molecular weight is 121 g/mol. The van der Waals surface area contributed by atoms with Crippen LogP contribution in [0.15, 0.2) is 29.4 Å². The molecule has 0 radical (unpaired) electrons. The highest BCUT2D eigenvalue weighted by molar-refractivity contribution is 5.95. The van der Waals surface area contributed by atoms with E-state index in [2.05, 4.69) is 17.1 Å². The van der Waals surface area contributed by atoms with Crippen LogP contribution in [-0.4, -0.2) is 5.71 Å². The number of nitrogens with zero attached hydrogens (tertiary/aromatic N) is 1. The van der Waals surface area contributed by atoms with Crippen molar-refractivity contribution in [3.8, 4) is 0 Å². The molecule has 0 unspecified atom stereocenters. The fraction of sp³-hybridized carbons (Fsp3) is 0.375. The minimum atomic E-state index is 1.10. The van der Waals surface area contributed by atoms with Crippen molar-refractivity contribution in [3.63, 3.8) is 0 Å². The molecule has 0 bridgehead atoms. The van der Waals surface area contributed by atoms with Gasteiger partial charge in [-0.25, -0.2) is 0 Å². The molecule has 0 atom stereocenters. The average Bonchev–Trinajstić information content (AvgIpc) is 1.91. The van der Waals surface area contributed by atoms with E-state index in [0.29, 0.717) is 0 Å². The lowest BCUT2D eigenvalue weighted by atomic mass is 10.1. The number of hydrogen-bond donors (Lipinski definition) is 0. The van der Waals surface area contributed by atoms with E-state index in [1.165, 1.54) is 5.71 Å². The normalized spacial score (nSPS) is 18.6. The minimum absolute atomic E-state index is 1.10. The number of allylic oxidation sites excluding steroid dienone is 3. The summed E-state index contributed by atoms with van der Waals surface area (Å²) in [4.78, 5) is 4.17. The predicted octanol–water partition coefficient (Wildman–Crippen LogP) is 2.31. The molecule has 0 saturated heterocycles. The highest BCUT2D eigenvalue weighted by Crippen LogP contribution is 2.02. The molecule has 0 saturated carbocycles. The fourth-order valence-electron chi connectivity index (χ4n) is 0.837. The second-order valence-corrected chi connectivity index (χ2v) is 2.04. The lowest BCUT2D eigenvalue weighted by Gasteiger charge is -1.99. The first-order valence-corrected chi connectivity index (χ1v) is 3.28. The summed E-state index contributed by atoms with van der Waals surface area (Å²) >= 11 is 0. The molecule has 0 aromatic carbocycles. The van der Waals surface area contributed by atoms with Crippen LogP contribution in [0.5, 0.6) is 0 Å². The lowest BCUT2D eigenvalue weighted by Crippen LogP contribution is -1.94. The lowest BCUT2D eigenvalue weighted by molar-refractivity contribution is 1.06. The minimum Gasteiger partial charge on any atom is -0.262 e. The van der Waals surface area contributed by atoms with E-state index >= 15 is 0 Å². The maximum atomic E-state index is 4.17. The summed E-state index contributed by atoms with van der Waals surface area (Å²) in [5, 5.41) is 0. The Labute approximate surface area is 55.8 Å². The molecule has 0 fully saturated rings. The van der Waals surface area contributed by atoms with Crippen molar-refractivity contribution >= 4 is 5.71 Å². The SMILES string of the molecule is CC=CC1=NC=CCC1. The van der Waals surface area contributed by atoms with Gasteiger partial charge in [0.1, 0.15) is 0 Å². The maximum absolute atomic E-state index is 4.17. The van der Waals surface area contributed by atoms with Gasteiger partial charge >= 0.3 is 0 Å². The van der Waals surface area contributed by atoms with Crippen LogP contribution in [-0.2, 0) is 0 Å². The van der Waals surface area contributed by atoms with Crippen molar-refractivity contribution in [3.05, 3.63) is 24.4 Å². The summed E-state index contributed by atoms with van der Waals surface area (Å²) in [7, 11) is 0. The highest BCUT2D eigenvalue weighted by atomic mass is 14.7. The van der Waals surface area contributed by atoms with Gasteiger partial charge in [-0.3, -0.25) is 4.99 Å². The Hall–Kier alpha value is -0.850. The molecule has 1 nitrogen and oxygen atoms in total. The molecule has 1 rings (SSSR count). The van der Waals surface area contributed by atoms with Crippen LogP contribution in [0.1, 0.15) is 19.8 Å². The van der Waals surface area contributed by atoms with Crippen LogP contribution in [0, 0.1) is 0 Å². The van der Waals surface area contributed by atoms with E-state index in [0.717, 1.165) is 12.8 Å². The summed E-state index contributed by atoms with van der Waals surface area (Å²) in [6.45, 7) is 2.01. The quantitative estimate of drug-likeness (QED) is 0.504. The van der Waals surface area contributed by atoms with Crippen LogP contribution in [0.3, 0.4) is 0 Å². The van der Waals surface area contributed by atoms with E-state index in [9.17, 15) is 0 Å². The zero-order chi connectivity index (χ0) is 6.53. The Morgan fingerprint density at radius 3 is 3.11 bits per heavy atom. The summed E-state index contributed by atoms with van der Waals surface area (Å²) in [5.74, 6) is 0. The first kappa shape index (κ1) is 6.27. The highest BCUT2D eigenvalue weighted by Gasteiger charge is 1.93. The fourth-order valence-corrected chi connectivity index (χ4v) is 0.837. The Balaban J connectivity index is 2.57. The first-order chi connectivity index (χ1) is 4.43.